The van der Waals surface area contributed by atoms with E-state index in [1.54, 1.807) is 6.33 Å². The maximum atomic E-state index is 5.51. The molecule has 0 saturated heterocycles. The Bertz CT molecular complexity index is 2960. The molecule has 56 heavy (non-hydrogen) atoms. The van der Waals surface area contributed by atoms with Crippen LogP contribution in [0.2, 0.25) is 0 Å². The SMILES string of the molecule is CC1(C)c2ccccc2-c2cc3c(-c4ccccc4)c4ccccc4c(-c4ncnc(C5=C(c6ccccc6)N6CC=CC=C6N5c5ccccc5)n4)c3cc21. The van der Waals surface area contributed by atoms with Crippen molar-refractivity contribution < 1.29 is 0 Å². The van der Waals surface area contributed by atoms with Crippen LogP contribution in [0.25, 0.3) is 66.6 Å². The Morgan fingerprint density at radius 1 is 0.536 bits per heavy atom. The summed E-state index contributed by atoms with van der Waals surface area (Å²) >= 11 is 0. The van der Waals surface area contributed by atoms with Crippen LogP contribution in [0, 0.1) is 0 Å². The molecule has 0 bridgehead atoms. The van der Waals surface area contributed by atoms with E-state index in [9.17, 15) is 0 Å². The van der Waals surface area contributed by atoms with Crippen molar-refractivity contribution >= 4 is 38.6 Å². The number of benzene rings is 7. The van der Waals surface area contributed by atoms with Crippen molar-refractivity contribution in [3.63, 3.8) is 0 Å². The molecule has 5 heteroatoms. The minimum Gasteiger partial charge on any atom is -0.321 e. The van der Waals surface area contributed by atoms with Gasteiger partial charge in [0.05, 0.1) is 5.70 Å². The molecular formula is C51H37N5. The van der Waals surface area contributed by atoms with Crippen LogP contribution in [0.15, 0.2) is 182 Å². The molecule has 3 aliphatic rings. The van der Waals surface area contributed by atoms with Crippen molar-refractivity contribution in [1.82, 2.24) is 19.9 Å². The first kappa shape index (κ1) is 32.3. The highest BCUT2D eigenvalue weighted by Gasteiger charge is 2.39. The second-order valence-electron chi connectivity index (χ2n) is 15.2. The van der Waals surface area contributed by atoms with Gasteiger partial charge in [0.25, 0.3) is 0 Å². The van der Waals surface area contributed by atoms with Crippen LogP contribution in [0.3, 0.4) is 0 Å². The van der Waals surface area contributed by atoms with Gasteiger partial charge in [-0.15, -0.1) is 0 Å². The van der Waals surface area contributed by atoms with Crippen molar-refractivity contribution in [2.75, 3.05) is 11.4 Å². The molecule has 0 amide bonds. The van der Waals surface area contributed by atoms with Gasteiger partial charge in [-0.1, -0.05) is 153 Å². The Morgan fingerprint density at radius 3 is 1.93 bits per heavy atom. The van der Waals surface area contributed by atoms with E-state index in [1.807, 2.05) is 0 Å². The summed E-state index contributed by atoms with van der Waals surface area (Å²) in [7, 11) is 0. The van der Waals surface area contributed by atoms with Crippen LogP contribution in [0.4, 0.5) is 5.69 Å². The summed E-state index contributed by atoms with van der Waals surface area (Å²) in [5.41, 5.74) is 12.6. The molecule has 0 unspecified atom stereocenters. The number of hydrogen-bond donors (Lipinski definition) is 0. The van der Waals surface area contributed by atoms with E-state index in [0.29, 0.717) is 11.6 Å². The van der Waals surface area contributed by atoms with Gasteiger partial charge in [-0.3, -0.25) is 4.90 Å². The van der Waals surface area contributed by atoms with E-state index in [2.05, 4.69) is 194 Å². The van der Waals surface area contributed by atoms with E-state index in [0.717, 1.165) is 56.7 Å². The molecule has 0 radical (unpaired) electrons. The van der Waals surface area contributed by atoms with E-state index >= 15 is 0 Å². The molecule has 0 spiro atoms. The van der Waals surface area contributed by atoms with Crippen LogP contribution in [0.5, 0.6) is 0 Å². The van der Waals surface area contributed by atoms with Crippen molar-refractivity contribution in [3.05, 3.63) is 205 Å². The second kappa shape index (κ2) is 12.5. The number of allylic oxidation sites excluding steroid dienone is 2. The van der Waals surface area contributed by atoms with Crippen LogP contribution in [0.1, 0.15) is 36.4 Å². The highest BCUT2D eigenvalue weighted by atomic mass is 15.4. The van der Waals surface area contributed by atoms with Gasteiger partial charge in [0.15, 0.2) is 11.6 Å². The van der Waals surface area contributed by atoms with Gasteiger partial charge in [0.1, 0.15) is 17.8 Å². The van der Waals surface area contributed by atoms with Gasteiger partial charge in [-0.2, -0.15) is 0 Å². The molecule has 7 aromatic carbocycles. The predicted molar refractivity (Wildman–Crippen MR) is 229 cm³/mol. The third-order valence-electron chi connectivity index (χ3n) is 11.8. The van der Waals surface area contributed by atoms with E-state index in [-0.39, 0.29) is 5.41 Å². The second-order valence-corrected chi connectivity index (χ2v) is 15.2. The zero-order valence-electron chi connectivity index (χ0n) is 31.2. The fraction of sp³-hybridized carbons (Fsp3) is 0.0784. The van der Waals surface area contributed by atoms with E-state index in [1.165, 1.54) is 38.8 Å². The zero-order valence-corrected chi connectivity index (χ0v) is 31.2. The Hall–Kier alpha value is -7.11. The first-order valence-corrected chi connectivity index (χ1v) is 19.3. The lowest BCUT2D eigenvalue weighted by molar-refractivity contribution is 0.546. The summed E-state index contributed by atoms with van der Waals surface area (Å²) in [6, 6.07) is 54.4. The minimum absolute atomic E-state index is 0.178. The van der Waals surface area contributed by atoms with Gasteiger partial charge in [0.2, 0.25) is 0 Å². The lowest BCUT2D eigenvalue weighted by Crippen LogP contribution is -2.27. The average Bonchev–Trinajstić information content (AvgIpc) is 3.72. The summed E-state index contributed by atoms with van der Waals surface area (Å²) in [5, 5.41) is 4.59. The predicted octanol–water partition coefficient (Wildman–Crippen LogP) is 11.9. The summed E-state index contributed by atoms with van der Waals surface area (Å²) in [5.74, 6) is 2.33. The molecule has 3 heterocycles. The van der Waals surface area contributed by atoms with Gasteiger partial charge >= 0.3 is 0 Å². The van der Waals surface area contributed by atoms with Gasteiger partial charge in [-0.25, -0.2) is 15.0 Å². The Morgan fingerprint density at radius 2 is 1.16 bits per heavy atom. The zero-order chi connectivity index (χ0) is 37.4. The monoisotopic (exact) mass is 719 g/mol. The Labute approximate surface area is 326 Å². The number of fused-ring (bicyclic) bond motifs is 6. The molecule has 0 saturated carbocycles. The third-order valence-corrected chi connectivity index (χ3v) is 11.8. The third kappa shape index (κ3) is 4.77. The molecule has 0 N–H and O–H groups in total. The van der Waals surface area contributed by atoms with Crippen LogP contribution < -0.4 is 4.90 Å². The normalized spacial score (nSPS) is 15.3. The van der Waals surface area contributed by atoms with Gasteiger partial charge in [0, 0.05) is 28.8 Å². The quantitative estimate of drug-likeness (QED) is 0.166. The molecule has 0 atom stereocenters. The molecule has 5 nitrogen and oxygen atoms in total. The molecule has 2 aliphatic heterocycles. The summed E-state index contributed by atoms with van der Waals surface area (Å²) in [6.07, 6.45) is 8.20. The maximum Gasteiger partial charge on any atom is 0.182 e. The minimum atomic E-state index is -0.178. The molecule has 8 aromatic rings. The summed E-state index contributed by atoms with van der Waals surface area (Å²) in [6.45, 7) is 5.43. The highest BCUT2D eigenvalue weighted by Crippen LogP contribution is 2.53. The van der Waals surface area contributed by atoms with Crippen LogP contribution in [-0.4, -0.2) is 26.4 Å². The number of aromatic nitrogens is 3. The number of nitrogens with zero attached hydrogens (tertiary/aromatic N) is 5. The summed E-state index contributed by atoms with van der Waals surface area (Å²) in [4.78, 5) is 20.2. The molecule has 1 aromatic heterocycles. The van der Waals surface area contributed by atoms with Crippen molar-refractivity contribution in [2.24, 2.45) is 0 Å². The highest BCUT2D eigenvalue weighted by molar-refractivity contribution is 6.22. The number of hydrogen-bond acceptors (Lipinski definition) is 5. The Balaban J connectivity index is 1.23. The molecule has 0 fully saturated rings. The standard InChI is InChI=1S/C51H37N5/c1-51(2)42-27-15-14-24-36(42)39-30-40-41(31-43(39)51)46(38-26-13-12-25-37(38)45(40)33-18-6-3-7-19-33)49-52-32-53-50(54-49)48-47(34-20-8-4-9-21-34)55-29-17-16-28-44(55)56(48)35-22-10-5-11-23-35/h3-28,30-32H,29H2,1-2H3. The fourth-order valence-electron chi connectivity index (χ4n) is 9.24. The molecule has 266 valence electrons. The average molecular weight is 720 g/mol. The number of rotatable bonds is 5. The smallest absolute Gasteiger partial charge is 0.182 e. The fourth-order valence-corrected chi connectivity index (χ4v) is 9.24. The largest absolute Gasteiger partial charge is 0.321 e. The van der Waals surface area contributed by atoms with Crippen LogP contribution in [-0.2, 0) is 5.41 Å². The molecule has 1 aliphatic carbocycles. The van der Waals surface area contributed by atoms with Crippen LogP contribution >= 0.6 is 0 Å². The van der Waals surface area contributed by atoms with E-state index < -0.39 is 0 Å². The molecular weight excluding hydrogens is 683 g/mol. The number of para-hydroxylation sites is 1. The number of anilines is 1. The van der Waals surface area contributed by atoms with Crippen molar-refractivity contribution in [1.29, 1.82) is 0 Å². The summed E-state index contributed by atoms with van der Waals surface area (Å²) < 4.78 is 0. The Kier molecular flexibility index (Phi) is 7.20. The first-order chi connectivity index (χ1) is 27.6. The maximum absolute atomic E-state index is 5.51. The van der Waals surface area contributed by atoms with Crippen molar-refractivity contribution in [3.8, 4) is 33.6 Å². The lowest BCUT2D eigenvalue weighted by Gasteiger charge is -2.28. The topological polar surface area (TPSA) is 45.2 Å². The molecule has 11 rings (SSSR count). The lowest BCUT2D eigenvalue weighted by atomic mass is 9.80. The van der Waals surface area contributed by atoms with E-state index in [4.69, 9.17) is 15.0 Å². The van der Waals surface area contributed by atoms with Crippen molar-refractivity contribution in [2.45, 2.75) is 19.3 Å². The first-order valence-electron chi connectivity index (χ1n) is 19.3. The van der Waals surface area contributed by atoms with Gasteiger partial charge in [-0.05, 0) is 85.3 Å². The van der Waals surface area contributed by atoms with Gasteiger partial charge < -0.3 is 4.90 Å².